The Hall–Kier alpha value is -2.06. The molecule has 0 aliphatic heterocycles. The fraction of sp³-hybridized carbons (Fsp3) is 0.391. The summed E-state index contributed by atoms with van der Waals surface area (Å²) in [6.45, 7) is 3.87. The van der Waals surface area contributed by atoms with Crippen molar-refractivity contribution in [3.8, 4) is 5.75 Å². The molecule has 2 aromatic rings. The van der Waals surface area contributed by atoms with Gasteiger partial charge in [0.2, 0.25) is 0 Å². The zero-order chi connectivity index (χ0) is 17.5. The number of hydrogen-bond acceptors (Lipinski definition) is 2. The van der Waals surface area contributed by atoms with Gasteiger partial charge in [0.15, 0.2) is 0 Å². The van der Waals surface area contributed by atoms with Gasteiger partial charge >= 0.3 is 0 Å². The van der Waals surface area contributed by atoms with Crippen molar-refractivity contribution in [2.45, 2.75) is 49.5 Å². The third-order valence-electron chi connectivity index (χ3n) is 6.52. The summed E-state index contributed by atoms with van der Waals surface area (Å²) < 4.78 is 0. The molecule has 0 saturated heterocycles. The number of rotatable bonds is 3. The SMILES string of the molecule is C=C[C@]1(O)CC[C@]2(Cc3ccccc3)c3ccc(O)cc3CC[C@H]2C1. The minimum Gasteiger partial charge on any atom is -0.508 e. The molecule has 0 amide bonds. The molecule has 2 aliphatic rings. The van der Waals surface area contributed by atoms with Crippen LogP contribution in [0.1, 0.15) is 42.4 Å². The first-order chi connectivity index (χ1) is 12.0. The van der Waals surface area contributed by atoms with Gasteiger partial charge in [-0.1, -0.05) is 42.5 Å². The fourth-order valence-electron chi connectivity index (χ4n) is 5.18. The monoisotopic (exact) mass is 334 g/mol. The first kappa shape index (κ1) is 16.4. The van der Waals surface area contributed by atoms with Gasteiger partial charge in [-0.3, -0.25) is 0 Å². The van der Waals surface area contributed by atoms with E-state index in [-0.39, 0.29) is 5.41 Å². The summed E-state index contributed by atoms with van der Waals surface area (Å²) in [5.74, 6) is 0.784. The Balaban J connectivity index is 1.80. The van der Waals surface area contributed by atoms with E-state index < -0.39 is 5.60 Å². The highest BCUT2D eigenvalue weighted by Gasteiger charge is 2.50. The number of benzene rings is 2. The smallest absolute Gasteiger partial charge is 0.115 e. The summed E-state index contributed by atoms with van der Waals surface area (Å²) in [5.41, 5.74) is 3.29. The van der Waals surface area contributed by atoms with Crippen molar-refractivity contribution in [3.05, 3.63) is 77.9 Å². The zero-order valence-corrected chi connectivity index (χ0v) is 14.6. The normalized spacial score (nSPS) is 31.0. The molecule has 0 unspecified atom stereocenters. The summed E-state index contributed by atoms with van der Waals surface area (Å²) in [4.78, 5) is 0. The molecule has 130 valence electrons. The standard InChI is InChI=1S/C23H26O2/c1-2-22(25)12-13-23(15-17-6-4-3-5-7-17)19(16-22)9-8-18-14-20(24)10-11-21(18)23/h2-7,10-11,14,19,24-25H,1,8-9,12-13,15-16H2/t19-,22-,23+/m0/s1. The molecular weight excluding hydrogens is 308 g/mol. The van der Waals surface area contributed by atoms with Crippen molar-refractivity contribution >= 4 is 0 Å². The van der Waals surface area contributed by atoms with Crippen molar-refractivity contribution < 1.29 is 10.2 Å². The van der Waals surface area contributed by atoms with Crippen LogP contribution in [0.2, 0.25) is 0 Å². The molecule has 2 N–H and O–H groups in total. The van der Waals surface area contributed by atoms with Crippen LogP contribution >= 0.6 is 0 Å². The van der Waals surface area contributed by atoms with E-state index in [1.54, 1.807) is 6.08 Å². The lowest BCUT2D eigenvalue weighted by molar-refractivity contribution is -0.0148. The molecule has 0 bridgehead atoms. The summed E-state index contributed by atoms with van der Waals surface area (Å²) in [6, 6.07) is 16.5. The fourth-order valence-corrected chi connectivity index (χ4v) is 5.18. The third kappa shape index (κ3) is 2.79. The topological polar surface area (TPSA) is 40.5 Å². The average molecular weight is 334 g/mol. The molecule has 0 heterocycles. The predicted molar refractivity (Wildman–Crippen MR) is 101 cm³/mol. The van der Waals surface area contributed by atoms with Gasteiger partial charge in [0, 0.05) is 5.41 Å². The van der Waals surface area contributed by atoms with Gasteiger partial charge in [0.25, 0.3) is 0 Å². The summed E-state index contributed by atoms with van der Waals surface area (Å²) >= 11 is 0. The second kappa shape index (κ2) is 6.03. The molecule has 2 heteroatoms. The van der Waals surface area contributed by atoms with E-state index in [2.05, 4.69) is 43.0 Å². The van der Waals surface area contributed by atoms with Crippen molar-refractivity contribution in [3.63, 3.8) is 0 Å². The highest BCUT2D eigenvalue weighted by atomic mass is 16.3. The van der Waals surface area contributed by atoms with Gasteiger partial charge in [-0.25, -0.2) is 0 Å². The Morgan fingerprint density at radius 2 is 1.92 bits per heavy atom. The maximum atomic E-state index is 10.8. The molecule has 2 aromatic carbocycles. The largest absolute Gasteiger partial charge is 0.508 e. The summed E-state index contributed by atoms with van der Waals surface area (Å²) in [6.07, 6.45) is 7.24. The molecule has 25 heavy (non-hydrogen) atoms. The average Bonchev–Trinajstić information content (AvgIpc) is 2.63. The van der Waals surface area contributed by atoms with E-state index in [4.69, 9.17) is 0 Å². The van der Waals surface area contributed by atoms with E-state index in [0.29, 0.717) is 11.7 Å². The molecular formula is C23H26O2. The quantitative estimate of drug-likeness (QED) is 0.809. The minimum atomic E-state index is -0.737. The third-order valence-corrected chi connectivity index (χ3v) is 6.52. The van der Waals surface area contributed by atoms with Crippen LogP contribution in [0.25, 0.3) is 0 Å². The first-order valence-corrected chi connectivity index (χ1v) is 9.27. The van der Waals surface area contributed by atoms with E-state index >= 15 is 0 Å². The number of aryl methyl sites for hydroxylation is 1. The molecule has 0 spiro atoms. The van der Waals surface area contributed by atoms with Crippen molar-refractivity contribution in [2.24, 2.45) is 5.92 Å². The lowest BCUT2D eigenvalue weighted by Gasteiger charge is -2.53. The Labute approximate surface area is 149 Å². The number of phenolic OH excluding ortho intramolecular Hbond substituents is 1. The number of fused-ring (bicyclic) bond motifs is 3. The van der Waals surface area contributed by atoms with E-state index in [9.17, 15) is 10.2 Å². The van der Waals surface area contributed by atoms with E-state index in [1.165, 1.54) is 16.7 Å². The van der Waals surface area contributed by atoms with Crippen molar-refractivity contribution in [1.82, 2.24) is 0 Å². The predicted octanol–water partition coefficient (Wildman–Crippen LogP) is 4.54. The van der Waals surface area contributed by atoms with Crippen LogP contribution in [0.5, 0.6) is 5.75 Å². The van der Waals surface area contributed by atoms with Gasteiger partial charge in [-0.2, -0.15) is 0 Å². The van der Waals surface area contributed by atoms with Gasteiger partial charge in [-0.05, 0) is 73.3 Å². The maximum absolute atomic E-state index is 10.8. The minimum absolute atomic E-state index is 0.0396. The Morgan fingerprint density at radius 1 is 1.12 bits per heavy atom. The second-order valence-corrected chi connectivity index (χ2v) is 7.91. The van der Waals surface area contributed by atoms with Gasteiger partial charge in [-0.15, -0.1) is 6.58 Å². The van der Waals surface area contributed by atoms with Crippen LogP contribution in [0, 0.1) is 5.92 Å². The molecule has 4 rings (SSSR count). The van der Waals surface area contributed by atoms with Gasteiger partial charge in [0.05, 0.1) is 5.60 Å². The van der Waals surface area contributed by atoms with E-state index in [1.807, 2.05) is 12.1 Å². The Morgan fingerprint density at radius 3 is 2.68 bits per heavy atom. The summed E-state index contributed by atoms with van der Waals surface area (Å²) in [5, 5.41) is 20.8. The maximum Gasteiger partial charge on any atom is 0.115 e. The number of phenols is 1. The lowest BCUT2D eigenvalue weighted by Crippen LogP contribution is -2.50. The van der Waals surface area contributed by atoms with Crippen LogP contribution in [0.4, 0.5) is 0 Å². The zero-order valence-electron chi connectivity index (χ0n) is 14.6. The van der Waals surface area contributed by atoms with Crippen LogP contribution in [-0.4, -0.2) is 15.8 Å². The van der Waals surface area contributed by atoms with E-state index in [0.717, 1.165) is 38.5 Å². The van der Waals surface area contributed by atoms with Gasteiger partial charge < -0.3 is 10.2 Å². The van der Waals surface area contributed by atoms with Crippen LogP contribution in [0.15, 0.2) is 61.2 Å². The first-order valence-electron chi connectivity index (χ1n) is 9.27. The number of hydrogen-bond donors (Lipinski definition) is 2. The number of aromatic hydroxyl groups is 1. The molecule has 0 radical (unpaired) electrons. The molecule has 2 aliphatic carbocycles. The number of aliphatic hydroxyl groups is 1. The molecule has 1 saturated carbocycles. The van der Waals surface area contributed by atoms with Crippen LogP contribution < -0.4 is 0 Å². The molecule has 3 atom stereocenters. The lowest BCUT2D eigenvalue weighted by atomic mass is 9.52. The van der Waals surface area contributed by atoms with Crippen molar-refractivity contribution in [1.29, 1.82) is 0 Å². The second-order valence-electron chi connectivity index (χ2n) is 7.91. The molecule has 0 aromatic heterocycles. The Bertz CT molecular complexity index is 782. The highest BCUT2D eigenvalue weighted by molar-refractivity contribution is 5.44. The van der Waals surface area contributed by atoms with Crippen LogP contribution in [-0.2, 0) is 18.3 Å². The van der Waals surface area contributed by atoms with Crippen LogP contribution in [0.3, 0.4) is 0 Å². The van der Waals surface area contributed by atoms with Gasteiger partial charge in [0.1, 0.15) is 5.75 Å². The molecule has 2 nitrogen and oxygen atoms in total. The summed E-state index contributed by atoms with van der Waals surface area (Å²) in [7, 11) is 0. The Kier molecular flexibility index (Phi) is 3.96. The molecule has 1 fully saturated rings. The highest BCUT2D eigenvalue weighted by Crippen LogP contribution is 2.54. The van der Waals surface area contributed by atoms with Crippen molar-refractivity contribution in [2.75, 3.05) is 0 Å².